The second kappa shape index (κ2) is 14.4. The molecule has 1 aliphatic heterocycles. The number of halogens is 1. The van der Waals surface area contributed by atoms with Crippen molar-refractivity contribution in [1.29, 1.82) is 0 Å². The van der Waals surface area contributed by atoms with Crippen molar-refractivity contribution >= 4 is 29.9 Å². The first-order valence-corrected chi connectivity index (χ1v) is 9.61. The third-order valence-corrected chi connectivity index (χ3v) is 5.13. The summed E-state index contributed by atoms with van der Waals surface area (Å²) in [5.74, 6) is 1.28. The molecule has 2 unspecified atom stereocenters. The van der Waals surface area contributed by atoms with Crippen LogP contribution in [0.4, 0.5) is 0 Å². The molecule has 158 valence electrons. The van der Waals surface area contributed by atoms with Gasteiger partial charge in [-0.3, -0.25) is 9.89 Å². The Morgan fingerprint density at radius 2 is 1.96 bits per heavy atom. The maximum absolute atomic E-state index is 9.36. The molecule has 27 heavy (non-hydrogen) atoms. The predicted octanol–water partition coefficient (Wildman–Crippen LogP) is 2.26. The number of ether oxygens (including phenoxy) is 1. The lowest BCUT2D eigenvalue weighted by molar-refractivity contribution is 0.127. The fourth-order valence-electron chi connectivity index (χ4n) is 3.47. The minimum absolute atomic E-state index is 0. The van der Waals surface area contributed by atoms with Gasteiger partial charge in [0.1, 0.15) is 0 Å². The van der Waals surface area contributed by atoms with E-state index < -0.39 is 0 Å². The Hall–Kier alpha value is -0.640. The lowest BCUT2D eigenvalue weighted by atomic mass is 9.84. The van der Waals surface area contributed by atoms with Crippen LogP contribution in [-0.2, 0) is 4.74 Å². The Morgan fingerprint density at radius 3 is 2.41 bits per heavy atom. The molecule has 0 amide bonds. The Balaban J connectivity index is 0.00000676. The molecule has 1 saturated heterocycles. The number of aliphatic hydroxyl groups excluding tert-OH is 1. The Kier molecular flexibility index (Phi) is 14.0. The highest BCUT2D eigenvalue weighted by Crippen LogP contribution is 2.31. The van der Waals surface area contributed by atoms with Gasteiger partial charge < -0.3 is 20.5 Å². The Morgan fingerprint density at radius 1 is 1.30 bits per heavy atom. The van der Waals surface area contributed by atoms with Crippen molar-refractivity contribution in [3.8, 4) is 0 Å². The van der Waals surface area contributed by atoms with Gasteiger partial charge in [0.05, 0.1) is 6.61 Å². The van der Waals surface area contributed by atoms with Gasteiger partial charge >= 0.3 is 0 Å². The van der Waals surface area contributed by atoms with E-state index in [1.165, 1.54) is 0 Å². The van der Waals surface area contributed by atoms with E-state index >= 15 is 0 Å². The summed E-state index contributed by atoms with van der Waals surface area (Å²) in [6.45, 7) is 17.1. The number of aliphatic hydroxyl groups is 1. The Bertz CT molecular complexity index is 441. The van der Waals surface area contributed by atoms with Crippen LogP contribution >= 0.6 is 24.0 Å². The zero-order valence-corrected chi connectivity index (χ0v) is 19.6. The minimum Gasteiger partial charge on any atom is -0.396 e. The maximum atomic E-state index is 9.36. The van der Waals surface area contributed by atoms with Gasteiger partial charge in [-0.1, -0.05) is 26.0 Å². The Labute approximate surface area is 182 Å². The molecule has 3 N–H and O–H groups in total. The molecule has 0 aromatic heterocycles. The zero-order chi connectivity index (χ0) is 19.4. The van der Waals surface area contributed by atoms with Crippen molar-refractivity contribution in [2.75, 3.05) is 53.0 Å². The van der Waals surface area contributed by atoms with Gasteiger partial charge in [0.25, 0.3) is 0 Å². The highest BCUT2D eigenvalue weighted by molar-refractivity contribution is 14.0. The van der Waals surface area contributed by atoms with Gasteiger partial charge in [0.15, 0.2) is 5.96 Å². The van der Waals surface area contributed by atoms with Crippen LogP contribution in [0.2, 0.25) is 0 Å². The van der Waals surface area contributed by atoms with E-state index in [1.54, 1.807) is 7.05 Å². The smallest absolute Gasteiger partial charge is 0.191 e. The summed E-state index contributed by atoms with van der Waals surface area (Å²) >= 11 is 0. The van der Waals surface area contributed by atoms with Crippen LogP contribution in [0.5, 0.6) is 0 Å². The van der Waals surface area contributed by atoms with Crippen molar-refractivity contribution in [3.63, 3.8) is 0 Å². The number of hydrogen-bond donors (Lipinski definition) is 3. The maximum Gasteiger partial charge on any atom is 0.191 e. The van der Waals surface area contributed by atoms with Crippen LogP contribution in [0.25, 0.3) is 0 Å². The number of nitrogens with one attached hydrogen (secondary N) is 2. The van der Waals surface area contributed by atoms with Crippen LogP contribution in [0, 0.1) is 11.3 Å². The summed E-state index contributed by atoms with van der Waals surface area (Å²) in [5.41, 5.74) is 0.00152. The van der Waals surface area contributed by atoms with Crippen LogP contribution in [0.1, 0.15) is 26.7 Å². The molecule has 2 atom stereocenters. The van der Waals surface area contributed by atoms with Crippen molar-refractivity contribution < 1.29 is 9.84 Å². The highest BCUT2D eigenvalue weighted by atomic mass is 127. The van der Waals surface area contributed by atoms with Gasteiger partial charge in [-0.05, 0) is 18.8 Å². The summed E-state index contributed by atoms with van der Waals surface area (Å²) in [6, 6.07) is 0.353. The third-order valence-electron chi connectivity index (χ3n) is 5.13. The van der Waals surface area contributed by atoms with E-state index in [9.17, 15) is 5.11 Å². The zero-order valence-electron chi connectivity index (χ0n) is 17.2. The lowest BCUT2D eigenvalue weighted by Crippen LogP contribution is -2.51. The van der Waals surface area contributed by atoms with E-state index in [0.717, 1.165) is 51.6 Å². The van der Waals surface area contributed by atoms with Crippen molar-refractivity contribution in [1.82, 2.24) is 15.5 Å². The number of rotatable bonds is 12. The predicted molar refractivity (Wildman–Crippen MR) is 125 cm³/mol. The average Bonchev–Trinajstić information content (AvgIpc) is 3.07. The van der Waals surface area contributed by atoms with Crippen molar-refractivity contribution in [3.05, 3.63) is 25.3 Å². The van der Waals surface area contributed by atoms with Gasteiger partial charge in [-0.15, -0.1) is 37.1 Å². The molecule has 1 aliphatic rings. The third kappa shape index (κ3) is 8.93. The van der Waals surface area contributed by atoms with Crippen LogP contribution in [0.15, 0.2) is 30.3 Å². The summed E-state index contributed by atoms with van der Waals surface area (Å²) in [5, 5.41) is 16.2. The topological polar surface area (TPSA) is 69.1 Å². The van der Waals surface area contributed by atoms with E-state index in [2.05, 4.69) is 47.5 Å². The van der Waals surface area contributed by atoms with Crippen LogP contribution in [0.3, 0.4) is 0 Å². The summed E-state index contributed by atoms with van der Waals surface area (Å²) in [6.07, 6.45) is 5.59. The molecule has 0 aromatic carbocycles. The lowest BCUT2D eigenvalue weighted by Gasteiger charge is -2.34. The molecule has 1 heterocycles. The molecule has 6 nitrogen and oxygen atoms in total. The van der Waals surface area contributed by atoms with Gasteiger partial charge in [-0.2, -0.15) is 0 Å². The second-order valence-corrected chi connectivity index (χ2v) is 7.43. The van der Waals surface area contributed by atoms with Crippen molar-refractivity contribution in [2.45, 2.75) is 32.7 Å². The first-order chi connectivity index (χ1) is 12.5. The first kappa shape index (κ1) is 26.4. The molecule has 0 radical (unpaired) electrons. The van der Waals surface area contributed by atoms with E-state index in [4.69, 9.17) is 4.74 Å². The molecular formula is C20H39IN4O2. The monoisotopic (exact) mass is 494 g/mol. The van der Waals surface area contributed by atoms with Gasteiger partial charge in [-0.25, -0.2) is 0 Å². The molecule has 1 fully saturated rings. The normalized spacial score (nSPS) is 21.0. The second-order valence-electron chi connectivity index (χ2n) is 7.43. The van der Waals surface area contributed by atoms with E-state index in [-0.39, 0.29) is 36.0 Å². The quantitative estimate of drug-likeness (QED) is 0.168. The summed E-state index contributed by atoms with van der Waals surface area (Å²) < 4.78 is 5.56. The number of nitrogens with zero attached hydrogens (tertiary/aromatic N) is 2. The first-order valence-electron chi connectivity index (χ1n) is 9.61. The number of guanidine groups is 1. The fourth-order valence-corrected chi connectivity index (χ4v) is 3.47. The number of hydrogen-bond acceptors (Lipinski definition) is 4. The number of aliphatic imine (C=N–C) groups is 1. The van der Waals surface area contributed by atoms with Crippen LogP contribution in [-0.4, -0.2) is 75.1 Å². The molecular weight excluding hydrogens is 455 g/mol. The van der Waals surface area contributed by atoms with E-state index in [0.29, 0.717) is 18.6 Å². The highest BCUT2D eigenvalue weighted by Gasteiger charge is 2.34. The SMILES string of the molecule is C=CCN(CC=C)C(CNC(=NC)NCC1(CCO)CCOC1)C(C)C.I. The van der Waals surface area contributed by atoms with Gasteiger partial charge in [0.2, 0.25) is 0 Å². The average molecular weight is 494 g/mol. The fraction of sp³-hybridized carbons (Fsp3) is 0.750. The summed E-state index contributed by atoms with van der Waals surface area (Å²) in [7, 11) is 1.79. The molecule has 7 heteroatoms. The van der Waals surface area contributed by atoms with E-state index in [1.807, 2.05) is 12.2 Å². The molecule has 0 spiro atoms. The minimum atomic E-state index is 0. The largest absolute Gasteiger partial charge is 0.396 e. The van der Waals surface area contributed by atoms with Crippen LogP contribution < -0.4 is 10.6 Å². The molecule has 0 aromatic rings. The standard InChI is InChI=1S/C20H38N4O2.HI/c1-6-10-24(11-7-2)18(17(3)4)14-22-19(21-5)23-15-20(8-12-25)9-13-26-16-20;/h6-7,17-18,25H,1-2,8-16H2,3-5H3,(H2,21,22,23);1H. The molecule has 0 aliphatic carbocycles. The molecule has 1 rings (SSSR count). The van der Waals surface area contributed by atoms with Crippen molar-refractivity contribution in [2.24, 2.45) is 16.3 Å². The van der Waals surface area contributed by atoms with Gasteiger partial charge in [0, 0.05) is 57.9 Å². The molecule has 0 saturated carbocycles. The molecule has 0 bridgehead atoms. The summed E-state index contributed by atoms with van der Waals surface area (Å²) in [4.78, 5) is 6.72.